The lowest BCUT2D eigenvalue weighted by Crippen LogP contribution is -2.00. The molecule has 0 saturated carbocycles. The van der Waals surface area contributed by atoms with Crippen molar-refractivity contribution in [3.8, 4) is 0 Å². The van der Waals surface area contributed by atoms with E-state index in [-0.39, 0.29) is 11.8 Å². The van der Waals surface area contributed by atoms with Gasteiger partial charge in [0, 0.05) is 17.6 Å². The van der Waals surface area contributed by atoms with Crippen molar-refractivity contribution in [3.05, 3.63) is 41.0 Å². The summed E-state index contributed by atoms with van der Waals surface area (Å²) in [4.78, 5) is 23.1. The summed E-state index contributed by atoms with van der Waals surface area (Å²) < 4.78 is 4.60. The number of Topliss-reactive ketones (excluding diaryl/α,β-unsaturated/α-hetero) is 1. The Morgan fingerprint density at radius 2 is 1.85 bits per heavy atom. The highest BCUT2D eigenvalue weighted by Crippen LogP contribution is 2.27. The summed E-state index contributed by atoms with van der Waals surface area (Å²) >= 11 is 0. The second-order valence-corrected chi connectivity index (χ2v) is 5.08. The standard InChI is InChI=1S/C17H20O3/c1-20-16(18)11-5-3-2-4-9-14-12-13-8-6-7-10-15(13)17(14)19/h6-8,10,12H,2-5,9,11H2,1H3. The summed E-state index contributed by atoms with van der Waals surface area (Å²) in [5, 5.41) is 0. The van der Waals surface area contributed by atoms with Gasteiger partial charge in [-0.05, 0) is 30.9 Å². The molecule has 0 radical (unpaired) electrons. The number of esters is 1. The number of hydrogen-bond acceptors (Lipinski definition) is 3. The van der Waals surface area contributed by atoms with Crippen molar-refractivity contribution in [1.82, 2.24) is 0 Å². The van der Waals surface area contributed by atoms with Crippen LogP contribution in [-0.4, -0.2) is 18.9 Å². The lowest BCUT2D eigenvalue weighted by Gasteiger charge is -2.02. The minimum absolute atomic E-state index is 0.144. The second kappa shape index (κ2) is 7.04. The molecule has 0 fully saturated rings. The van der Waals surface area contributed by atoms with Gasteiger partial charge in [0.15, 0.2) is 5.78 Å². The van der Waals surface area contributed by atoms with Crippen LogP contribution in [0, 0.1) is 0 Å². The van der Waals surface area contributed by atoms with Crippen molar-refractivity contribution in [2.75, 3.05) is 7.11 Å². The van der Waals surface area contributed by atoms with E-state index in [0.717, 1.165) is 48.8 Å². The highest BCUT2D eigenvalue weighted by Gasteiger charge is 2.20. The van der Waals surface area contributed by atoms with Gasteiger partial charge in [-0.2, -0.15) is 0 Å². The normalized spacial score (nSPS) is 13.1. The Hall–Kier alpha value is -1.90. The summed E-state index contributed by atoms with van der Waals surface area (Å²) in [6.07, 6.45) is 7.22. The van der Waals surface area contributed by atoms with Crippen molar-refractivity contribution in [2.24, 2.45) is 0 Å². The first-order chi connectivity index (χ1) is 9.72. The molecule has 106 valence electrons. The van der Waals surface area contributed by atoms with E-state index in [4.69, 9.17) is 0 Å². The maximum atomic E-state index is 12.1. The van der Waals surface area contributed by atoms with Gasteiger partial charge in [0.05, 0.1) is 7.11 Å². The van der Waals surface area contributed by atoms with Crippen LogP contribution in [0.3, 0.4) is 0 Å². The molecule has 0 aliphatic heterocycles. The molecule has 1 aromatic rings. The summed E-state index contributed by atoms with van der Waals surface area (Å²) in [6.45, 7) is 0. The number of benzene rings is 1. The molecule has 0 saturated heterocycles. The van der Waals surface area contributed by atoms with Gasteiger partial charge in [-0.15, -0.1) is 0 Å². The number of unbranched alkanes of at least 4 members (excludes halogenated alkanes) is 3. The van der Waals surface area contributed by atoms with Gasteiger partial charge < -0.3 is 4.74 Å². The molecule has 0 heterocycles. The third-order valence-electron chi connectivity index (χ3n) is 3.63. The number of ketones is 1. The average molecular weight is 272 g/mol. The quantitative estimate of drug-likeness (QED) is 0.560. The molecule has 0 bridgehead atoms. The number of methoxy groups -OCH3 is 1. The summed E-state index contributed by atoms with van der Waals surface area (Å²) in [7, 11) is 1.41. The average Bonchev–Trinajstić information content (AvgIpc) is 2.79. The molecule has 0 amide bonds. The Morgan fingerprint density at radius 1 is 1.10 bits per heavy atom. The first-order valence-electron chi connectivity index (χ1n) is 7.13. The van der Waals surface area contributed by atoms with Gasteiger partial charge >= 0.3 is 5.97 Å². The fraction of sp³-hybridized carbons (Fsp3) is 0.412. The van der Waals surface area contributed by atoms with Gasteiger partial charge in [-0.1, -0.05) is 37.1 Å². The molecule has 0 N–H and O–H groups in total. The molecule has 1 aliphatic carbocycles. The first-order valence-corrected chi connectivity index (χ1v) is 7.13. The van der Waals surface area contributed by atoms with Crippen LogP contribution in [0.5, 0.6) is 0 Å². The molecule has 3 nitrogen and oxygen atoms in total. The topological polar surface area (TPSA) is 43.4 Å². The number of ether oxygens (including phenoxy) is 1. The zero-order chi connectivity index (χ0) is 14.4. The molecular weight excluding hydrogens is 252 g/mol. The minimum Gasteiger partial charge on any atom is -0.469 e. The molecule has 0 unspecified atom stereocenters. The van der Waals surface area contributed by atoms with E-state index in [1.807, 2.05) is 30.3 Å². The van der Waals surface area contributed by atoms with E-state index in [2.05, 4.69) is 4.74 Å². The van der Waals surface area contributed by atoms with Crippen LogP contribution in [0.25, 0.3) is 6.08 Å². The molecule has 1 aliphatic rings. The number of fused-ring (bicyclic) bond motifs is 1. The van der Waals surface area contributed by atoms with Crippen LogP contribution < -0.4 is 0 Å². The van der Waals surface area contributed by atoms with Crippen LogP contribution in [0.15, 0.2) is 29.8 Å². The summed E-state index contributed by atoms with van der Waals surface area (Å²) in [5.41, 5.74) is 2.78. The van der Waals surface area contributed by atoms with E-state index < -0.39 is 0 Å². The molecule has 3 heteroatoms. The van der Waals surface area contributed by atoms with Crippen LogP contribution in [0.1, 0.15) is 54.4 Å². The SMILES string of the molecule is COC(=O)CCCCCCC1=Cc2ccccc2C1=O. The van der Waals surface area contributed by atoms with E-state index >= 15 is 0 Å². The highest BCUT2D eigenvalue weighted by molar-refractivity contribution is 6.17. The van der Waals surface area contributed by atoms with Gasteiger partial charge in [-0.3, -0.25) is 9.59 Å². The first kappa shape index (κ1) is 14.5. The molecule has 2 rings (SSSR count). The zero-order valence-electron chi connectivity index (χ0n) is 11.9. The van der Waals surface area contributed by atoms with E-state index in [1.54, 1.807) is 0 Å². The Morgan fingerprint density at radius 3 is 2.60 bits per heavy atom. The third-order valence-corrected chi connectivity index (χ3v) is 3.63. The molecule has 0 aromatic heterocycles. The smallest absolute Gasteiger partial charge is 0.305 e. The lowest BCUT2D eigenvalue weighted by molar-refractivity contribution is -0.140. The van der Waals surface area contributed by atoms with Crippen LogP contribution in [0.4, 0.5) is 0 Å². The van der Waals surface area contributed by atoms with E-state index in [0.29, 0.717) is 6.42 Å². The second-order valence-electron chi connectivity index (χ2n) is 5.08. The Kier molecular flexibility index (Phi) is 5.10. The molecule has 0 atom stereocenters. The van der Waals surface area contributed by atoms with Gasteiger partial charge in [0.2, 0.25) is 0 Å². The van der Waals surface area contributed by atoms with Crippen LogP contribution >= 0.6 is 0 Å². The number of hydrogen-bond donors (Lipinski definition) is 0. The highest BCUT2D eigenvalue weighted by atomic mass is 16.5. The monoisotopic (exact) mass is 272 g/mol. The maximum Gasteiger partial charge on any atom is 0.305 e. The lowest BCUT2D eigenvalue weighted by atomic mass is 10.0. The predicted molar refractivity (Wildman–Crippen MR) is 78.5 cm³/mol. The number of allylic oxidation sites excluding steroid dienone is 1. The Bertz CT molecular complexity index is 529. The fourth-order valence-corrected chi connectivity index (χ4v) is 2.48. The van der Waals surface area contributed by atoms with Crippen molar-refractivity contribution in [2.45, 2.75) is 38.5 Å². The molecule has 20 heavy (non-hydrogen) atoms. The van der Waals surface area contributed by atoms with Crippen LogP contribution in [-0.2, 0) is 9.53 Å². The molecule has 1 aromatic carbocycles. The van der Waals surface area contributed by atoms with Gasteiger partial charge in [-0.25, -0.2) is 0 Å². The van der Waals surface area contributed by atoms with Gasteiger partial charge in [0.1, 0.15) is 0 Å². The predicted octanol–water partition coefficient (Wildman–Crippen LogP) is 3.78. The van der Waals surface area contributed by atoms with E-state index in [1.165, 1.54) is 7.11 Å². The largest absolute Gasteiger partial charge is 0.469 e. The molecular formula is C17H20O3. The zero-order valence-corrected chi connectivity index (χ0v) is 11.9. The fourth-order valence-electron chi connectivity index (χ4n) is 2.48. The minimum atomic E-state index is -0.144. The van der Waals surface area contributed by atoms with Crippen molar-refractivity contribution in [3.63, 3.8) is 0 Å². The number of rotatable bonds is 7. The Labute approximate surface area is 119 Å². The molecule has 0 spiro atoms. The third kappa shape index (κ3) is 3.56. The summed E-state index contributed by atoms with van der Waals surface area (Å²) in [5.74, 6) is 0.0317. The maximum absolute atomic E-state index is 12.1. The number of carbonyl (C=O) groups excluding carboxylic acids is 2. The van der Waals surface area contributed by atoms with Crippen molar-refractivity contribution in [1.29, 1.82) is 0 Å². The van der Waals surface area contributed by atoms with Crippen LogP contribution in [0.2, 0.25) is 0 Å². The van der Waals surface area contributed by atoms with Crippen molar-refractivity contribution < 1.29 is 14.3 Å². The van der Waals surface area contributed by atoms with E-state index in [9.17, 15) is 9.59 Å². The van der Waals surface area contributed by atoms with Gasteiger partial charge in [0.25, 0.3) is 0 Å². The number of carbonyl (C=O) groups is 2. The summed E-state index contributed by atoms with van der Waals surface area (Å²) in [6, 6.07) is 7.73. The van der Waals surface area contributed by atoms with Crippen molar-refractivity contribution >= 4 is 17.8 Å². The Balaban J connectivity index is 1.69.